The highest BCUT2D eigenvalue weighted by molar-refractivity contribution is 5.92. The molecule has 3 nitrogen and oxygen atoms in total. The first-order valence-electron chi connectivity index (χ1n) is 19.6. The van der Waals surface area contributed by atoms with Crippen LogP contribution in [0.5, 0.6) is 0 Å². The fourth-order valence-corrected chi connectivity index (χ4v) is 7.65. The number of hydrogen-bond donors (Lipinski definition) is 0. The predicted molar refractivity (Wildman–Crippen MR) is 241 cm³/mol. The summed E-state index contributed by atoms with van der Waals surface area (Å²) in [7, 11) is 0. The maximum atomic E-state index is 5.20. The van der Waals surface area contributed by atoms with Crippen LogP contribution in [0.4, 0.5) is 0 Å². The van der Waals surface area contributed by atoms with Crippen LogP contribution in [0.15, 0.2) is 224 Å². The average molecular weight is 740 g/mol. The van der Waals surface area contributed by atoms with Crippen molar-refractivity contribution < 1.29 is 0 Å². The maximum Gasteiger partial charge on any atom is 0.164 e. The SMILES string of the molecule is c1ccc(-c2cc(-c3ccccc3)cc(-c3ccc4cc(-c5nc(-c6ccccc6)nc(-c6cc(-c7ccccc7)cc(-c7ccccc7)c6)n5)ccc4c3)c2)cc1. The van der Waals surface area contributed by atoms with Gasteiger partial charge >= 0.3 is 0 Å². The number of hydrogen-bond acceptors (Lipinski definition) is 3. The highest BCUT2D eigenvalue weighted by Crippen LogP contribution is 2.36. The van der Waals surface area contributed by atoms with E-state index >= 15 is 0 Å². The Morgan fingerprint density at radius 1 is 0.172 bits per heavy atom. The Balaban J connectivity index is 1.08. The summed E-state index contributed by atoms with van der Waals surface area (Å²) in [5, 5.41) is 2.26. The summed E-state index contributed by atoms with van der Waals surface area (Å²) < 4.78 is 0. The van der Waals surface area contributed by atoms with Gasteiger partial charge in [-0.25, -0.2) is 15.0 Å². The van der Waals surface area contributed by atoms with E-state index in [1.807, 2.05) is 30.3 Å². The molecule has 0 N–H and O–H groups in total. The van der Waals surface area contributed by atoms with Gasteiger partial charge in [0.2, 0.25) is 0 Å². The molecule has 0 saturated carbocycles. The fourth-order valence-electron chi connectivity index (χ4n) is 7.65. The lowest BCUT2D eigenvalue weighted by Crippen LogP contribution is -2.00. The number of nitrogens with zero attached hydrogens (tertiary/aromatic N) is 3. The molecule has 1 aromatic heterocycles. The van der Waals surface area contributed by atoms with E-state index in [0.717, 1.165) is 55.3 Å². The largest absolute Gasteiger partial charge is 0.208 e. The minimum Gasteiger partial charge on any atom is -0.208 e. The molecule has 10 aromatic rings. The minimum absolute atomic E-state index is 0.627. The summed E-state index contributed by atoms with van der Waals surface area (Å²) in [6.45, 7) is 0. The average Bonchev–Trinajstić information content (AvgIpc) is 3.32. The smallest absolute Gasteiger partial charge is 0.164 e. The van der Waals surface area contributed by atoms with Crippen molar-refractivity contribution in [2.45, 2.75) is 0 Å². The van der Waals surface area contributed by atoms with Gasteiger partial charge in [-0.05, 0) is 115 Å². The van der Waals surface area contributed by atoms with Gasteiger partial charge in [0.1, 0.15) is 0 Å². The molecular weight excluding hydrogens is 703 g/mol. The van der Waals surface area contributed by atoms with Crippen LogP contribution in [-0.2, 0) is 0 Å². The lowest BCUT2D eigenvalue weighted by atomic mass is 9.92. The van der Waals surface area contributed by atoms with E-state index < -0.39 is 0 Å². The molecule has 0 amide bonds. The van der Waals surface area contributed by atoms with Crippen molar-refractivity contribution in [3.05, 3.63) is 224 Å². The molecule has 3 heteroatoms. The lowest BCUT2D eigenvalue weighted by Gasteiger charge is -2.13. The van der Waals surface area contributed by atoms with E-state index in [-0.39, 0.29) is 0 Å². The van der Waals surface area contributed by atoms with Crippen molar-refractivity contribution in [3.63, 3.8) is 0 Å². The van der Waals surface area contributed by atoms with E-state index in [2.05, 4.69) is 194 Å². The van der Waals surface area contributed by atoms with E-state index in [4.69, 9.17) is 15.0 Å². The van der Waals surface area contributed by atoms with Crippen molar-refractivity contribution in [1.82, 2.24) is 15.0 Å². The molecular formula is C55H37N3. The number of fused-ring (bicyclic) bond motifs is 1. The van der Waals surface area contributed by atoms with Crippen LogP contribution in [0.3, 0.4) is 0 Å². The van der Waals surface area contributed by atoms with Gasteiger partial charge < -0.3 is 0 Å². The number of rotatable bonds is 8. The highest BCUT2D eigenvalue weighted by atomic mass is 15.0. The maximum absolute atomic E-state index is 5.20. The summed E-state index contributed by atoms with van der Waals surface area (Å²) in [6, 6.07) is 79.1. The predicted octanol–water partition coefficient (Wildman–Crippen LogP) is 14.4. The molecule has 0 aliphatic carbocycles. The number of aromatic nitrogens is 3. The molecule has 0 radical (unpaired) electrons. The lowest BCUT2D eigenvalue weighted by molar-refractivity contribution is 1.07. The molecule has 272 valence electrons. The van der Waals surface area contributed by atoms with E-state index in [9.17, 15) is 0 Å². The normalized spacial score (nSPS) is 11.1. The Bertz CT molecular complexity index is 2900. The summed E-state index contributed by atoms with van der Waals surface area (Å²) in [5.41, 5.74) is 14.4. The summed E-state index contributed by atoms with van der Waals surface area (Å²) >= 11 is 0. The molecule has 1 heterocycles. The molecule has 0 unspecified atom stereocenters. The molecule has 0 aliphatic heterocycles. The van der Waals surface area contributed by atoms with Gasteiger partial charge in [-0.3, -0.25) is 0 Å². The monoisotopic (exact) mass is 739 g/mol. The van der Waals surface area contributed by atoms with Crippen molar-refractivity contribution in [1.29, 1.82) is 0 Å². The second kappa shape index (κ2) is 15.4. The first kappa shape index (κ1) is 34.7. The van der Waals surface area contributed by atoms with Crippen molar-refractivity contribution >= 4 is 10.8 Å². The van der Waals surface area contributed by atoms with Gasteiger partial charge in [0.15, 0.2) is 17.5 Å². The molecule has 58 heavy (non-hydrogen) atoms. The summed E-state index contributed by atoms with van der Waals surface area (Å²) in [4.78, 5) is 15.4. The molecule has 0 bridgehead atoms. The van der Waals surface area contributed by atoms with Crippen LogP contribution in [0.2, 0.25) is 0 Å². The van der Waals surface area contributed by atoms with Gasteiger partial charge in [-0.2, -0.15) is 0 Å². The van der Waals surface area contributed by atoms with E-state index in [1.165, 1.54) is 27.8 Å². The second-order valence-electron chi connectivity index (χ2n) is 14.5. The zero-order valence-electron chi connectivity index (χ0n) is 31.7. The minimum atomic E-state index is 0.627. The Morgan fingerprint density at radius 2 is 0.448 bits per heavy atom. The Labute approximate surface area is 338 Å². The third-order valence-corrected chi connectivity index (χ3v) is 10.7. The third kappa shape index (κ3) is 7.21. The second-order valence-corrected chi connectivity index (χ2v) is 14.5. The van der Waals surface area contributed by atoms with Crippen LogP contribution < -0.4 is 0 Å². The topological polar surface area (TPSA) is 38.7 Å². The van der Waals surface area contributed by atoms with Crippen LogP contribution in [0.25, 0.3) is 101 Å². The van der Waals surface area contributed by atoms with Gasteiger partial charge in [0.25, 0.3) is 0 Å². The zero-order chi connectivity index (χ0) is 38.7. The molecule has 0 spiro atoms. The van der Waals surface area contributed by atoms with Gasteiger partial charge in [-0.15, -0.1) is 0 Å². The summed E-state index contributed by atoms with van der Waals surface area (Å²) in [5.74, 6) is 1.89. The van der Waals surface area contributed by atoms with Gasteiger partial charge in [0, 0.05) is 16.7 Å². The number of benzene rings is 9. The van der Waals surface area contributed by atoms with Crippen molar-refractivity contribution in [3.8, 4) is 89.8 Å². The van der Waals surface area contributed by atoms with Crippen LogP contribution >= 0.6 is 0 Å². The summed E-state index contributed by atoms with van der Waals surface area (Å²) in [6.07, 6.45) is 0. The zero-order valence-corrected chi connectivity index (χ0v) is 31.7. The highest BCUT2D eigenvalue weighted by Gasteiger charge is 2.16. The fraction of sp³-hybridized carbons (Fsp3) is 0. The molecule has 0 aliphatic rings. The molecule has 0 saturated heterocycles. The van der Waals surface area contributed by atoms with Crippen LogP contribution in [0, 0.1) is 0 Å². The Morgan fingerprint density at radius 3 is 0.845 bits per heavy atom. The van der Waals surface area contributed by atoms with Crippen molar-refractivity contribution in [2.75, 3.05) is 0 Å². The third-order valence-electron chi connectivity index (χ3n) is 10.7. The van der Waals surface area contributed by atoms with Crippen molar-refractivity contribution in [2.24, 2.45) is 0 Å². The molecule has 0 atom stereocenters. The first-order valence-corrected chi connectivity index (χ1v) is 19.6. The van der Waals surface area contributed by atoms with Crippen LogP contribution in [-0.4, -0.2) is 15.0 Å². The molecule has 0 fully saturated rings. The molecule has 10 rings (SSSR count). The van der Waals surface area contributed by atoms with E-state index in [1.54, 1.807) is 0 Å². The van der Waals surface area contributed by atoms with Gasteiger partial charge in [0.05, 0.1) is 0 Å². The molecule has 9 aromatic carbocycles. The quantitative estimate of drug-likeness (QED) is 0.156. The first-order chi connectivity index (χ1) is 28.7. The van der Waals surface area contributed by atoms with Crippen LogP contribution in [0.1, 0.15) is 0 Å². The van der Waals surface area contributed by atoms with E-state index in [0.29, 0.717) is 17.5 Å². The Hall–Kier alpha value is -7.75. The van der Waals surface area contributed by atoms with Gasteiger partial charge in [-0.1, -0.05) is 176 Å². The standard InChI is InChI=1S/C55H37N3/c1-6-16-38(17-7-1)47-32-48(39-18-8-2-9-19-39)35-51(34-47)45-27-26-44-31-46(29-28-43(44)30-45)54-56-53(42-24-14-5-15-25-42)57-55(58-54)52-36-49(40-20-10-3-11-21-40)33-50(37-52)41-22-12-4-13-23-41/h1-37H. The Kier molecular flexibility index (Phi) is 9.23.